The van der Waals surface area contributed by atoms with Gasteiger partial charge in [0.05, 0.1) is 21.8 Å². The van der Waals surface area contributed by atoms with E-state index in [4.69, 9.17) is 24.4 Å². The quantitative estimate of drug-likeness (QED) is 0.160. The maximum Gasteiger partial charge on any atom is 0.200 e. The molecular weight excluding hydrogens is 669 g/mol. The molecule has 10 rings (SSSR count). The standard InChI is InChI=1S/C46H28N6O2/c53-42-36-16-6-9-19-40(36)54-41-27-31(24-25-37(41)42)34-14-4-5-15-35(34)45-50-43(49-44(51-45)32-11-10-26-47-28-32)29-20-22-30(23-21-29)46-48-38-17-7-8-18-39(38)52(46)33-12-2-1-3-13-33/h1-28H. The van der Waals surface area contributed by atoms with Crippen LogP contribution in [-0.2, 0) is 0 Å². The van der Waals surface area contributed by atoms with Gasteiger partial charge in [-0.05, 0) is 71.8 Å². The zero-order valence-corrected chi connectivity index (χ0v) is 28.7. The molecule has 0 spiro atoms. The molecule has 0 saturated carbocycles. The number of fused-ring (bicyclic) bond motifs is 3. The summed E-state index contributed by atoms with van der Waals surface area (Å²) in [7, 11) is 0. The summed E-state index contributed by atoms with van der Waals surface area (Å²) in [6, 6.07) is 51.4. The van der Waals surface area contributed by atoms with Crippen LogP contribution in [-0.4, -0.2) is 29.5 Å². The molecule has 0 aliphatic rings. The van der Waals surface area contributed by atoms with Gasteiger partial charge in [0.25, 0.3) is 0 Å². The maximum absolute atomic E-state index is 13.3. The molecule has 6 aromatic carbocycles. The molecule has 10 aromatic rings. The Labute approximate surface area is 308 Å². The van der Waals surface area contributed by atoms with Gasteiger partial charge < -0.3 is 4.42 Å². The van der Waals surface area contributed by atoms with E-state index in [1.54, 1.807) is 18.5 Å². The lowest BCUT2D eigenvalue weighted by Crippen LogP contribution is -2.02. The zero-order valence-electron chi connectivity index (χ0n) is 28.7. The predicted molar refractivity (Wildman–Crippen MR) is 213 cm³/mol. The summed E-state index contributed by atoms with van der Waals surface area (Å²) in [4.78, 5) is 37.7. The average Bonchev–Trinajstić information content (AvgIpc) is 3.64. The molecule has 0 bridgehead atoms. The molecule has 0 N–H and O–H groups in total. The minimum absolute atomic E-state index is 0.0572. The highest BCUT2D eigenvalue weighted by atomic mass is 16.3. The minimum atomic E-state index is -0.0572. The van der Waals surface area contributed by atoms with Gasteiger partial charge in [0.1, 0.15) is 17.0 Å². The van der Waals surface area contributed by atoms with Gasteiger partial charge in [-0.25, -0.2) is 19.9 Å². The Morgan fingerprint density at radius 2 is 1.15 bits per heavy atom. The summed E-state index contributed by atoms with van der Waals surface area (Å²) < 4.78 is 8.41. The largest absolute Gasteiger partial charge is 0.456 e. The summed E-state index contributed by atoms with van der Waals surface area (Å²) in [5.41, 5.74) is 9.11. The van der Waals surface area contributed by atoms with Crippen LogP contribution in [0.25, 0.3) is 95.3 Å². The first kappa shape index (κ1) is 31.2. The average molecular weight is 697 g/mol. The molecule has 0 unspecified atom stereocenters. The van der Waals surface area contributed by atoms with Gasteiger partial charge >= 0.3 is 0 Å². The molecule has 0 saturated heterocycles. The van der Waals surface area contributed by atoms with Crippen LogP contribution in [0.3, 0.4) is 0 Å². The Balaban J connectivity index is 1.10. The predicted octanol–water partition coefficient (Wildman–Crippen LogP) is 10.2. The van der Waals surface area contributed by atoms with E-state index in [2.05, 4.69) is 39.9 Å². The van der Waals surface area contributed by atoms with Crippen LogP contribution in [0, 0.1) is 0 Å². The first-order chi connectivity index (χ1) is 26.7. The van der Waals surface area contributed by atoms with Crippen LogP contribution in [0.4, 0.5) is 0 Å². The van der Waals surface area contributed by atoms with Crippen molar-refractivity contribution in [3.63, 3.8) is 0 Å². The number of rotatable bonds is 6. The highest BCUT2D eigenvalue weighted by Gasteiger charge is 2.18. The van der Waals surface area contributed by atoms with Crippen molar-refractivity contribution in [2.24, 2.45) is 0 Å². The fourth-order valence-corrected chi connectivity index (χ4v) is 6.97. The second-order valence-corrected chi connectivity index (χ2v) is 12.9. The highest BCUT2D eigenvalue weighted by Crippen LogP contribution is 2.35. The number of para-hydroxylation sites is 4. The number of pyridine rings is 1. The summed E-state index contributed by atoms with van der Waals surface area (Å²) in [6.07, 6.45) is 3.48. The number of hydrogen-bond donors (Lipinski definition) is 0. The molecule has 4 aromatic heterocycles. The van der Waals surface area contributed by atoms with Crippen molar-refractivity contribution in [2.45, 2.75) is 0 Å². The summed E-state index contributed by atoms with van der Waals surface area (Å²) in [5.74, 6) is 2.37. The molecule has 0 aliphatic carbocycles. The number of imidazole rings is 1. The van der Waals surface area contributed by atoms with Crippen molar-refractivity contribution in [1.29, 1.82) is 0 Å². The van der Waals surface area contributed by atoms with Crippen LogP contribution in [0.5, 0.6) is 0 Å². The Morgan fingerprint density at radius 3 is 1.98 bits per heavy atom. The maximum atomic E-state index is 13.3. The molecule has 0 radical (unpaired) electrons. The van der Waals surface area contributed by atoms with E-state index < -0.39 is 0 Å². The van der Waals surface area contributed by atoms with Crippen LogP contribution in [0.15, 0.2) is 179 Å². The van der Waals surface area contributed by atoms with Crippen LogP contribution >= 0.6 is 0 Å². The van der Waals surface area contributed by atoms with Gasteiger partial charge in [0.15, 0.2) is 17.5 Å². The van der Waals surface area contributed by atoms with Crippen molar-refractivity contribution in [3.8, 4) is 62.4 Å². The lowest BCUT2D eigenvalue weighted by atomic mass is 9.97. The lowest BCUT2D eigenvalue weighted by Gasteiger charge is -2.13. The number of nitrogens with zero attached hydrogens (tertiary/aromatic N) is 6. The van der Waals surface area contributed by atoms with Crippen molar-refractivity contribution >= 4 is 33.0 Å². The first-order valence-electron chi connectivity index (χ1n) is 17.5. The molecular formula is C46H28N6O2. The molecule has 8 nitrogen and oxygen atoms in total. The van der Waals surface area contributed by atoms with Crippen LogP contribution in [0.2, 0.25) is 0 Å². The van der Waals surface area contributed by atoms with E-state index >= 15 is 0 Å². The Hall–Kier alpha value is -7.58. The molecule has 4 heterocycles. The molecule has 8 heteroatoms. The third-order valence-electron chi connectivity index (χ3n) is 9.59. The SMILES string of the molecule is O=c1c2ccccc2oc2cc(-c3ccccc3-c3nc(-c4ccc(-c5nc6ccccc6n5-c5ccccc5)cc4)nc(-c4cccnc4)n3)ccc12. The number of aromatic nitrogens is 6. The molecule has 0 atom stereocenters. The fraction of sp³-hybridized carbons (Fsp3) is 0. The van der Waals surface area contributed by atoms with Gasteiger partial charge in [-0.2, -0.15) is 0 Å². The van der Waals surface area contributed by atoms with Gasteiger partial charge in [0.2, 0.25) is 5.43 Å². The molecule has 254 valence electrons. The molecule has 0 fully saturated rings. The smallest absolute Gasteiger partial charge is 0.200 e. The second-order valence-electron chi connectivity index (χ2n) is 12.9. The molecule has 54 heavy (non-hydrogen) atoms. The Bertz CT molecular complexity index is 3070. The summed E-state index contributed by atoms with van der Waals surface area (Å²) in [6.45, 7) is 0. The van der Waals surface area contributed by atoms with Crippen molar-refractivity contribution < 1.29 is 4.42 Å². The third-order valence-corrected chi connectivity index (χ3v) is 9.59. The van der Waals surface area contributed by atoms with Crippen LogP contribution in [0.1, 0.15) is 0 Å². The van der Waals surface area contributed by atoms with Crippen molar-refractivity contribution in [3.05, 3.63) is 180 Å². The van der Waals surface area contributed by atoms with E-state index in [-0.39, 0.29) is 5.43 Å². The summed E-state index contributed by atoms with van der Waals surface area (Å²) >= 11 is 0. The van der Waals surface area contributed by atoms with Gasteiger partial charge in [-0.1, -0.05) is 97.1 Å². The van der Waals surface area contributed by atoms with Gasteiger partial charge in [-0.15, -0.1) is 0 Å². The van der Waals surface area contributed by atoms with E-state index in [9.17, 15) is 4.79 Å². The van der Waals surface area contributed by atoms with Crippen molar-refractivity contribution in [1.82, 2.24) is 29.5 Å². The summed E-state index contributed by atoms with van der Waals surface area (Å²) in [5, 5.41) is 1.08. The first-order valence-corrected chi connectivity index (χ1v) is 17.5. The zero-order chi connectivity index (χ0) is 36.0. The van der Waals surface area contributed by atoms with Crippen molar-refractivity contribution in [2.75, 3.05) is 0 Å². The number of hydrogen-bond acceptors (Lipinski definition) is 7. The second kappa shape index (κ2) is 12.9. The lowest BCUT2D eigenvalue weighted by molar-refractivity contribution is 0.660. The number of benzene rings is 6. The topological polar surface area (TPSA) is 99.6 Å². The van der Waals surface area contributed by atoms with E-state index in [1.807, 2.05) is 121 Å². The highest BCUT2D eigenvalue weighted by molar-refractivity contribution is 5.93. The Morgan fingerprint density at radius 1 is 0.481 bits per heavy atom. The Kier molecular flexibility index (Phi) is 7.44. The monoisotopic (exact) mass is 696 g/mol. The molecule has 0 amide bonds. The van der Waals surface area contributed by atoms with Gasteiger partial charge in [0, 0.05) is 40.3 Å². The normalized spacial score (nSPS) is 11.4. The van der Waals surface area contributed by atoms with E-state index in [0.717, 1.165) is 55.9 Å². The van der Waals surface area contributed by atoms with E-state index in [0.29, 0.717) is 39.4 Å². The van der Waals surface area contributed by atoms with Crippen LogP contribution < -0.4 is 5.43 Å². The van der Waals surface area contributed by atoms with Gasteiger partial charge in [-0.3, -0.25) is 14.3 Å². The minimum Gasteiger partial charge on any atom is -0.456 e. The molecule has 0 aliphatic heterocycles. The van der Waals surface area contributed by atoms with E-state index in [1.165, 1.54) is 0 Å². The fourth-order valence-electron chi connectivity index (χ4n) is 6.97. The third kappa shape index (κ3) is 5.41.